The lowest BCUT2D eigenvalue weighted by Gasteiger charge is -2.09. The molecule has 2 heterocycles. The number of carbonyl (C=O) groups is 1. The molecule has 0 fully saturated rings. The number of thiophene rings is 1. The summed E-state index contributed by atoms with van der Waals surface area (Å²) >= 11 is 1.26. The number of halogens is 1. The van der Waals surface area contributed by atoms with Crippen LogP contribution in [-0.2, 0) is 0 Å². The Morgan fingerprint density at radius 2 is 2.04 bits per heavy atom. The van der Waals surface area contributed by atoms with E-state index in [4.69, 9.17) is 9.47 Å². The maximum Gasteiger partial charge on any atom is 0.272 e. The molecule has 0 atom stereocenters. The van der Waals surface area contributed by atoms with Gasteiger partial charge in [0.2, 0.25) is 0 Å². The Morgan fingerprint density at radius 1 is 1.25 bits per heavy atom. The zero-order valence-electron chi connectivity index (χ0n) is 14.8. The number of hydrogen-bond donors (Lipinski definition) is 2. The van der Waals surface area contributed by atoms with Crippen molar-refractivity contribution in [3.8, 4) is 17.2 Å². The summed E-state index contributed by atoms with van der Waals surface area (Å²) in [6.07, 6.45) is 0. The third-order valence-electron chi connectivity index (χ3n) is 3.97. The van der Waals surface area contributed by atoms with Crippen LogP contribution in [0.2, 0.25) is 0 Å². The van der Waals surface area contributed by atoms with Crippen LogP contribution < -0.4 is 14.8 Å². The Balaban J connectivity index is 1.82. The topological polar surface area (TPSA) is 102 Å². The second-order valence-corrected chi connectivity index (χ2v) is 6.88. The summed E-state index contributed by atoms with van der Waals surface area (Å²) in [7, 11) is 1.57. The molecule has 0 aliphatic rings. The molecule has 8 nitrogen and oxygen atoms in total. The first-order valence-electron chi connectivity index (χ1n) is 8.14. The fourth-order valence-electron chi connectivity index (χ4n) is 2.67. The molecule has 0 aliphatic carbocycles. The van der Waals surface area contributed by atoms with Gasteiger partial charge in [-0.3, -0.25) is 10.1 Å². The number of benzene rings is 2. The lowest BCUT2D eigenvalue weighted by atomic mass is 10.1. The first-order chi connectivity index (χ1) is 13.5. The number of amides is 1. The van der Waals surface area contributed by atoms with Crippen LogP contribution in [0.15, 0.2) is 36.4 Å². The van der Waals surface area contributed by atoms with Crippen molar-refractivity contribution in [1.82, 2.24) is 20.6 Å². The predicted octanol–water partition coefficient (Wildman–Crippen LogP) is 3.92. The minimum Gasteiger partial charge on any atom is -0.496 e. The summed E-state index contributed by atoms with van der Waals surface area (Å²) in [6.45, 7) is 1.91. The van der Waals surface area contributed by atoms with Gasteiger partial charge in [-0.05, 0) is 54.1 Å². The van der Waals surface area contributed by atoms with Crippen molar-refractivity contribution < 1.29 is 18.7 Å². The van der Waals surface area contributed by atoms with Crippen LogP contribution in [0.25, 0.3) is 10.1 Å². The van der Waals surface area contributed by atoms with E-state index in [0.717, 1.165) is 10.3 Å². The second kappa shape index (κ2) is 7.24. The molecule has 0 aliphatic heterocycles. The third kappa shape index (κ3) is 3.37. The molecule has 2 N–H and O–H groups in total. The number of H-pyrrole nitrogens is 1. The Morgan fingerprint density at radius 3 is 2.71 bits per heavy atom. The Kier molecular flexibility index (Phi) is 4.62. The van der Waals surface area contributed by atoms with Gasteiger partial charge in [0.25, 0.3) is 11.9 Å². The standard InChI is InChI=1S/C18H14FN5O3S/c1-9-7-14-12(8-13(9)26-2)15(27-11-5-3-10(19)4-6-11)16(28-14)17(25)20-18-21-23-24-22-18/h3-8H,1-2H3,(H2,20,21,22,23,24,25). The van der Waals surface area contributed by atoms with E-state index >= 15 is 0 Å². The predicted molar refractivity (Wildman–Crippen MR) is 102 cm³/mol. The van der Waals surface area contributed by atoms with Gasteiger partial charge in [0.15, 0.2) is 5.75 Å². The highest BCUT2D eigenvalue weighted by Crippen LogP contribution is 2.43. The van der Waals surface area contributed by atoms with E-state index in [1.54, 1.807) is 7.11 Å². The summed E-state index contributed by atoms with van der Waals surface area (Å²) in [5.41, 5.74) is 0.926. The molecule has 1 amide bonds. The first-order valence-corrected chi connectivity index (χ1v) is 8.96. The molecule has 2 aromatic carbocycles. The minimum atomic E-state index is -0.448. The largest absolute Gasteiger partial charge is 0.496 e. The first kappa shape index (κ1) is 17.9. The monoisotopic (exact) mass is 399 g/mol. The summed E-state index contributed by atoms with van der Waals surface area (Å²) in [6, 6.07) is 9.28. The number of rotatable bonds is 5. The number of tetrazole rings is 1. The average Bonchev–Trinajstić information content (AvgIpc) is 3.31. The molecule has 0 radical (unpaired) electrons. The molecule has 10 heteroatoms. The van der Waals surface area contributed by atoms with Crippen molar-refractivity contribution in [1.29, 1.82) is 0 Å². The fourth-order valence-corrected chi connectivity index (χ4v) is 3.77. The number of aryl methyl sites for hydroxylation is 1. The van der Waals surface area contributed by atoms with Gasteiger partial charge in [-0.1, -0.05) is 5.10 Å². The van der Waals surface area contributed by atoms with E-state index < -0.39 is 5.91 Å². The molecule has 0 saturated heterocycles. The van der Waals surface area contributed by atoms with Gasteiger partial charge < -0.3 is 9.47 Å². The van der Waals surface area contributed by atoms with Crippen LogP contribution in [-0.4, -0.2) is 33.6 Å². The number of carbonyl (C=O) groups excluding carboxylic acids is 1. The molecule has 142 valence electrons. The molecule has 28 heavy (non-hydrogen) atoms. The number of aromatic amines is 1. The number of hydrogen-bond acceptors (Lipinski definition) is 7. The van der Waals surface area contributed by atoms with E-state index in [1.165, 1.54) is 35.6 Å². The third-order valence-corrected chi connectivity index (χ3v) is 5.10. The molecule has 4 rings (SSSR count). The lowest BCUT2D eigenvalue weighted by Crippen LogP contribution is -2.12. The van der Waals surface area contributed by atoms with Gasteiger partial charge >= 0.3 is 0 Å². The zero-order valence-corrected chi connectivity index (χ0v) is 15.6. The number of ether oxygens (including phenoxy) is 2. The Hall–Kier alpha value is -3.53. The van der Waals surface area contributed by atoms with Crippen molar-refractivity contribution in [2.75, 3.05) is 12.4 Å². The highest BCUT2D eigenvalue weighted by atomic mass is 32.1. The maximum absolute atomic E-state index is 13.2. The number of nitrogens with zero attached hydrogens (tertiary/aromatic N) is 3. The van der Waals surface area contributed by atoms with Crippen LogP contribution in [0, 0.1) is 12.7 Å². The minimum absolute atomic E-state index is 0.0453. The van der Waals surface area contributed by atoms with Gasteiger partial charge in [0, 0.05) is 10.1 Å². The smallest absolute Gasteiger partial charge is 0.272 e. The van der Waals surface area contributed by atoms with Crippen molar-refractivity contribution in [2.24, 2.45) is 0 Å². The van der Waals surface area contributed by atoms with E-state index in [2.05, 4.69) is 25.9 Å². The SMILES string of the molecule is COc1cc2c(Oc3ccc(F)cc3)c(C(=O)Nc3nn[nH]n3)sc2cc1C. The molecule has 0 saturated carbocycles. The van der Waals surface area contributed by atoms with Gasteiger partial charge in [-0.2, -0.15) is 5.21 Å². The normalized spacial score (nSPS) is 10.8. The van der Waals surface area contributed by atoms with E-state index in [1.807, 2.05) is 19.1 Å². The molecular formula is C18H14FN5O3S. The molecule has 0 spiro atoms. The lowest BCUT2D eigenvalue weighted by molar-refractivity contribution is 0.102. The molecule has 0 unspecified atom stereocenters. The Bertz CT molecular complexity index is 1140. The molecule has 4 aromatic rings. The number of anilines is 1. The number of nitrogens with one attached hydrogen (secondary N) is 2. The van der Waals surface area contributed by atoms with Crippen LogP contribution in [0.5, 0.6) is 17.2 Å². The van der Waals surface area contributed by atoms with E-state index in [0.29, 0.717) is 27.5 Å². The van der Waals surface area contributed by atoms with Gasteiger partial charge in [0.1, 0.15) is 22.2 Å². The zero-order chi connectivity index (χ0) is 19.7. The van der Waals surface area contributed by atoms with Crippen molar-refractivity contribution >= 4 is 33.3 Å². The molecule has 2 aromatic heterocycles. The van der Waals surface area contributed by atoms with Crippen LogP contribution in [0.3, 0.4) is 0 Å². The van der Waals surface area contributed by atoms with Gasteiger partial charge in [-0.15, -0.1) is 16.4 Å². The van der Waals surface area contributed by atoms with Crippen LogP contribution in [0.4, 0.5) is 10.3 Å². The molecule has 0 bridgehead atoms. The second-order valence-electron chi connectivity index (χ2n) is 5.82. The average molecular weight is 399 g/mol. The molecular weight excluding hydrogens is 385 g/mol. The van der Waals surface area contributed by atoms with Crippen LogP contribution in [0.1, 0.15) is 15.2 Å². The number of fused-ring (bicyclic) bond motifs is 1. The van der Waals surface area contributed by atoms with E-state index in [9.17, 15) is 9.18 Å². The van der Waals surface area contributed by atoms with Crippen molar-refractivity contribution in [3.05, 3.63) is 52.7 Å². The number of methoxy groups -OCH3 is 1. The highest BCUT2D eigenvalue weighted by molar-refractivity contribution is 7.21. The quantitative estimate of drug-likeness (QED) is 0.527. The van der Waals surface area contributed by atoms with Gasteiger partial charge in [-0.25, -0.2) is 4.39 Å². The summed E-state index contributed by atoms with van der Waals surface area (Å²) in [4.78, 5) is 13.1. The summed E-state index contributed by atoms with van der Waals surface area (Å²) < 4.78 is 25.4. The summed E-state index contributed by atoms with van der Waals surface area (Å²) in [5, 5.41) is 16.4. The van der Waals surface area contributed by atoms with Crippen molar-refractivity contribution in [3.63, 3.8) is 0 Å². The van der Waals surface area contributed by atoms with Crippen LogP contribution >= 0.6 is 11.3 Å². The van der Waals surface area contributed by atoms with Gasteiger partial charge in [0.05, 0.1) is 7.11 Å². The fraction of sp³-hybridized carbons (Fsp3) is 0.111. The highest BCUT2D eigenvalue weighted by Gasteiger charge is 2.23. The van der Waals surface area contributed by atoms with Crippen molar-refractivity contribution in [2.45, 2.75) is 6.92 Å². The number of aromatic nitrogens is 4. The summed E-state index contributed by atoms with van der Waals surface area (Å²) in [5.74, 6) is 0.620. The van der Waals surface area contributed by atoms with E-state index in [-0.39, 0.29) is 11.8 Å². The Labute approximate surface area is 162 Å². The maximum atomic E-state index is 13.2.